The monoisotopic (exact) mass is 299 g/mol. The Kier molecular flexibility index (Phi) is 3.17. The van der Waals surface area contributed by atoms with Gasteiger partial charge in [0.05, 0.1) is 0 Å². The van der Waals surface area contributed by atoms with Crippen molar-refractivity contribution in [3.05, 3.63) is 27.2 Å². The fraction of sp³-hybridized carbons (Fsp3) is 0. The van der Waals surface area contributed by atoms with E-state index in [4.69, 9.17) is 34.8 Å². The van der Waals surface area contributed by atoms with Crippen LogP contribution in [0.3, 0.4) is 0 Å². The van der Waals surface area contributed by atoms with E-state index in [1.807, 2.05) is 6.07 Å². The number of rotatable bonds is 0. The molecule has 0 N–H and O–H groups in total. The Morgan fingerprint density at radius 1 is 1.10 bits per heavy atom. The molecule has 4 heteroatoms. The third kappa shape index (κ3) is 1.94. The normalized spacial score (nSPS) is 10.0. The van der Waals surface area contributed by atoms with Crippen molar-refractivity contribution in [1.29, 1.82) is 0 Å². The second-order valence-corrected chi connectivity index (χ2v) is 4.51. The van der Waals surface area contributed by atoms with Gasteiger partial charge in [0.25, 0.3) is 0 Å². The van der Waals surface area contributed by atoms with Gasteiger partial charge in [0, 0.05) is 0 Å². The Hall–Kier alpha value is 0.889. The zero-order valence-corrected chi connectivity index (χ0v) is 9.91. The van der Waals surface area contributed by atoms with E-state index >= 15 is 0 Å². The molecule has 0 amide bonds. The summed E-state index contributed by atoms with van der Waals surface area (Å²) in [4.78, 5) is 0. The first-order valence-corrected chi connectivity index (χ1v) is 5.03. The quantitative estimate of drug-likeness (QED) is 0.510. The first-order valence-electron chi connectivity index (χ1n) is 2.47. The third-order valence-corrected chi connectivity index (χ3v) is 3.59. The van der Waals surface area contributed by atoms with Crippen LogP contribution in [-0.4, -0.2) is 22.5 Å². The standard InChI is InChI=1S/C6H2Cl3.Sn/c7-4-1-2-5(8)6(9)3-4;/h1,3H;. The summed E-state index contributed by atoms with van der Waals surface area (Å²) < 4.78 is 0.992. The van der Waals surface area contributed by atoms with E-state index in [2.05, 4.69) is 0 Å². The minimum absolute atomic E-state index is 0.529. The topological polar surface area (TPSA) is 0 Å². The molecule has 0 aromatic heterocycles. The van der Waals surface area contributed by atoms with Crippen molar-refractivity contribution in [3.8, 4) is 0 Å². The zero-order valence-electron chi connectivity index (χ0n) is 4.79. The van der Waals surface area contributed by atoms with Crippen molar-refractivity contribution in [2.45, 2.75) is 0 Å². The average Bonchev–Trinajstić information content (AvgIpc) is 1.82. The summed E-state index contributed by atoms with van der Waals surface area (Å²) in [7, 11) is 0. The average molecular weight is 299 g/mol. The van der Waals surface area contributed by atoms with Crippen LogP contribution in [0.5, 0.6) is 0 Å². The molecule has 0 spiro atoms. The van der Waals surface area contributed by atoms with Crippen LogP contribution >= 0.6 is 34.8 Å². The van der Waals surface area contributed by atoms with E-state index in [9.17, 15) is 0 Å². The molecule has 0 aliphatic heterocycles. The molecule has 1 aromatic rings. The molecule has 1 rings (SSSR count). The summed E-state index contributed by atoms with van der Waals surface area (Å²) in [5, 5.41) is 1.78. The van der Waals surface area contributed by atoms with Crippen LogP contribution in [0.4, 0.5) is 0 Å². The van der Waals surface area contributed by atoms with Gasteiger partial charge in [0.1, 0.15) is 0 Å². The molecule has 3 radical (unpaired) electrons. The summed E-state index contributed by atoms with van der Waals surface area (Å²) in [6.07, 6.45) is 0. The van der Waals surface area contributed by atoms with Crippen molar-refractivity contribution in [2.24, 2.45) is 0 Å². The van der Waals surface area contributed by atoms with E-state index in [0.29, 0.717) is 15.1 Å². The Balaban J connectivity index is 3.31. The van der Waals surface area contributed by atoms with Crippen molar-refractivity contribution < 1.29 is 0 Å². The summed E-state index contributed by atoms with van der Waals surface area (Å²) in [5.41, 5.74) is 0. The predicted molar refractivity (Wildman–Crippen MR) is 46.9 cm³/mol. The van der Waals surface area contributed by atoms with Gasteiger partial charge >= 0.3 is 88.1 Å². The number of hydrogen-bond donors (Lipinski definition) is 0. The Labute approximate surface area is 87.6 Å². The molecule has 0 aliphatic carbocycles. The second-order valence-electron chi connectivity index (χ2n) is 1.75. The van der Waals surface area contributed by atoms with Crippen LogP contribution in [-0.2, 0) is 0 Å². The maximum atomic E-state index is 5.78. The van der Waals surface area contributed by atoms with Crippen molar-refractivity contribution >= 4 is 60.9 Å². The van der Waals surface area contributed by atoms with Crippen LogP contribution in [0.15, 0.2) is 12.1 Å². The molecule has 1 aromatic carbocycles. The van der Waals surface area contributed by atoms with Crippen LogP contribution in [0.1, 0.15) is 0 Å². The van der Waals surface area contributed by atoms with Crippen molar-refractivity contribution in [1.82, 2.24) is 0 Å². The molecule has 10 heavy (non-hydrogen) atoms. The Bertz CT molecular complexity index is 236. The fourth-order valence-corrected chi connectivity index (χ4v) is 2.47. The van der Waals surface area contributed by atoms with Crippen LogP contribution < -0.4 is 3.58 Å². The summed E-state index contributed by atoms with van der Waals surface area (Å²) in [5.74, 6) is 0. The Morgan fingerprint density at radius 3 is 2.20 bits per heavy atom. The van der Waals surface area contributed by atoms with Gasteiger partial charge in [0.15, 0.2) is 0 Å². The van der Waals surface area contributed by atoms with Gasteiger partial charge in [0.2, 0.25) is 0 Å². The SMILES string of the molecule is Clc1cc(Cl)c(Cl)[c]([Sn])c1. The van der Waals surface area contributed by atoms with Gasteiger partial charge < -0.3 is 0 Å². The molecular weight excluding hydrogens is 297 g/mol. The van der Waals surface area contributed by atoms with E-state index in [0.717, 1.165) is 3.58 Å². The first-order chi connectivity index (χ1) is 4.61. The van der Waals surface area contributed by atoms with Gasteiger partial charge in [-0.15, -0.1) is 0 Å². The molecule has 0 bridgehead atoms. The summed E-state index contributed by atoms with van der Waals surface area (Å²) in [6, 6.07) is 3.45. The Morgan fingerprint density at radius 2 is 1.70 bits per heavy atom. The zero-order chi connectivity index (χ0) is 7.72. The molecule has 0 nitrogen and oxygen atoms in total. The molecule has 0 atom stereocenters. The summed E-state index contributed by atoms with van der Waals surface area (Å²) >= 11 is 18.4. The molecule has 0 heterocycles. The van der Waals surface area contributed by atoms with Crippen LogP contribution in [0.2, 0.25) is 15.1 Å². The minimum atomic E-state index is 0.529. The van der Waals surface area contributed by atoms with E-state index in [-0.39, 0.29) is 0 Å². The molecule has 0 saturated heterocycles. The van der Waals surface area contributed by atoms with Crippen LogP contribution in [0.25, 0.3) is 0 Å². The molecule has 0 unspecified atom stereocenters. The summed E-state index contributed by atoms with van der Waals surface area (Å²) in [6.45, 7) is 0. The molecule has 0 aliphatic rings. The fourth-order valence-electron chi connectivity index (χ4n) is 0.556. The van der Waals surface area contributed by atoms with Gasteiger partial charge in [-0.3, -0.25) is 0 Å². The number of hydrogen-bond acceptors (Lipinski definition) is 0. The first kappa shape index (κ1) is 8.98. The molecular formula is C6H2Cl3Sn. The van der Waals surface area contributed by atoms with Gasteiger partial charge in [-0.1, -0.05) is 0 Å². The van der Waals surface area contributed by atoms with Gasteiger partial charge in [-0.05, 0) is 0 Å². The van der Waals surface area contributed by atoms with E-state index in [1.54, 1.807) is 6.07 Å². The molecule has 0 saturated carbocycles. The third-order valence-electron chi connectivity index (χ3n) is 0.993. The molecule has 0 fully saturated rings. The number of halogens is 3. The predicted octanol–water partition coefficient (Wildman–Crippen LogP) is 2.44. The van der Waals surface area contributed by atoms with Gasteiger partial charge in [-0.2, -0.15) is 0 Å². The second kappa shape index (κ2) is 3.52. The maximum absolute atomic E-state index is 5.78. The van der Waals surface area contributed by atoms with E-state index < -0.39 is 0 Å². The van der Waals surface area contributed by atoms with E-state index in [1.165, 1.54) is 22.5 Å². The van der Waals surface area contributed by atoms with Crippen molar-refractivity contribution in [3.63, 3.8) is 0 Å². The van der Waals surface area contributed by atoms with Crippen LogP contribution in [0, 0.1) is 0 Å². The molecule has 51 valence electrons. The van der Waals surface area contributed by atoms with Gasteiger partial charge in [-0.25, -0.2) is 0 Å². The number of benzene rings is 1. The van der Waals surface area contributed by atoms with Crippen molar-refractivity contribution in [2.75, 3.05) is 0 Å².